The predicted octanol–water partition coefficient (Wildman–Crippen LogP) is 1.72. The Balaban J connectivity index is 2.19. The molecule has 0 bridgehead atoms. The number of anilines is 2. The third kappa shape index (κ3) is 3.68. The summed E-state index contributed by atoms with van der Waals surface area (Å²) >= 11 is 0. The summed E-state index contributed by atoms with van der Waals surface area (Å²) in [7, 11) is 6.14. The topological polar surface area (TPSA) is 58.3 Å². The normalized spacial score (nSPS) is 10.8. The van der Waals surface area contributed by atoms with Crippen LogP contribution in [0.1, 0.15) is 0 Å². The lowest BCUT2D eigenvalue weighted by molar-refractivity contribution is 0.416. The van der Waals surface area contributed by atoms with Crippen molar-refractivity contribution < 1.29 is 0 Å². The van der Waals surface area contributed by atoms with Gasteiger partial charge in [-0.3, -0.25) is 4.98 Å². The van der Waals surface area contributed by atoms with Gasteiger partial charge in [0.05, 0.1) is 18.1 Å². The van der Waals surface area contributed by atoms with Crippen LogP contribution in [0.25, 0.3) is 11.3 Å². The summed E-state index contributed by atoms with van der Waals surface area (Å²) in [5, 5.41) is 0. The van der Waals surface area contributed by atoms with Crippen molar-refractivity contribution in [3.05, 3.63) is 36.7 Å². The highest BCUT2D eigenvalue weighted by molar-refractivity contribution is 5.64. The van der Waals surface area contributed by atoms with Crippen molar-refractivity contribution in [3.63, 3.8) is 0 Å². The SMILES string of the molecule is CN(C)CCN(C)c1cncc(-c2cccc(N)c2)n1. The van der Waals surface area contributed by atoms with Gasteiger partial charge in [-0.25, -0.2) is 4.98 Å². The highest BCUT2D eigenvalue weighted by atomic mass is 15.2. The first-order chi connectivity index (χ1) is 9.56. The molecule has 5 nitrogen and oxygen atoms in total. The third-order valence-electron chi connectivity index (χ3n) is 3.08. The number of nitrogen functional groups attached to an aromatic ring is 1. The maximum atomic E-state index is 5.81. The van der Waals surface area contributed by atoms with E-state index >= 15 is 0 Å². The molecule has 1 heterocycles. The van der Waals surface area contributed by atoms with Crippen molar-refractivity contribution in [1.29, 1.82) is 0 Å². The number of rotatable bonds is 5. The number of likely N-dealkylation sites (N-methyl/N-ethyl adjacent to an activating group) is 2. The lowest BCUT2D eigenvalue weighted by Gasteiger charge is -2.20. The zero-order chi connectivity index (χ0) is 14.5. The van der Waals surface area contributed by atoms with Gasteiger partial charge in [-0.1, -0.05) is 12.1 Å². The molecule has 2 rings (SSSR count). The average Bonchev–Trinajstić information content (AvgIpc) is 2.45. The van der Waals surface area contributed by atoms with E-state index in [4.69, 9.17) is 5.73 Å². The van der Waals surface area contributed by atoms with E-state index in [-0.39, 0.29) is 0 Å². The fourth-order valence-corrected chi connectivity index (χ4v) is 1.84. The second-order valence-electron chi connectivity index (χ2n) is 5.11. The summed E-state index contributed by atoms with van der Waals surface area (Å²) in [5.41, 5.74) is 8.37. The standard InChI is InChI=1S/C15H21N5/c1-19(2)7-8-20(3)15-11-17-10-14(18-15)12-5-4-6-13(16)9-12/h4-6,9-11H,7-8,16H2,1-3H3. The minimum atomic E-state index is 0.732. The van der Waals surface area contributed by atoms with Crippen LogP contribution in [0.15, 0.2) is 36.7 Å². The largest absolute Gasteiger partial charge is 0.399 e. The van der Waals surface area contributed by atoms with Crippen LogP contribution in [-0.4, -0.2) is 49.1 Å². The Morgan fingerprint density at radius 1 is 1.10 bits per heavy atom. The van der Waals surface area contributed by atoms with Crippen LogP contribution in [0.3, 0.4) is 0 Å². The van der Waals surface area contributed by atoms with E-state index in [1.54, 1.807) is 12.4 Å². The molecule has 106 valence electrons. The van der Waals surface area contributed by atoms with Crippen molar-refractivity contribution in [2.75, 3.05) is 44.9 Å². The van der Waals surface area contributed by atoms with Gasteiger partial charge >= 0.3 is 0 Å². The summed E-state index contributed by atoms with van der Waals surface area (Å²) in [6, 6.07) is 7.69. The molecule has 0 saturated heterocycles. The lowest BCUT2D eigenvalue weighted by Crippen LogP contribution is -2.29. The summed E-state index contributed by atoms with van der Waals surface area (Å²) < 4.78 is 0. The fourth-order valence-electron chi connectivity index (χ4n) is 1.84. The van der Waals surface area contributed by atoms with E-state index in [2.05, 4.69) is 33.9 Å². The van der Waals surface area contributed by atoms with Crippen LogP contribution in [-0.2, 0) is 0 Å². The monoisotopic (exact) mass is 271 g/mol. The van der Waals surface area contributed by atoms with Crippen LogP contribution in [0.5, 0.6) is 0 Å². The molecule has 0 atom stereocenters. The van der Waals surface area contributed by atoms with Crippen LogP contribution in [0.2, 0.25) is 0 Å². The van der Waals surface area contributed by atoms with Crippen molar-refractivity contribution in [2.45, 2.75) is 0 Å². The molecule has 1 aromatic heterocycles. The highest BCUT2D eigenvalue weighted by Crippen LogP contribution is 2.20. The zero-order valence-electron chi connectivity index (χ0n) is 12.2. The molecule has 2 N–H and O–H groups in total. The third-order valence-corrected chi connectivity index (χ3v) is 3.08. The number of hydrogen-bond donors (Lipinski definition) is 1. The van der Waals surface area contributed by atoms with Crippen molar-refractivity contribution in [1.82, 2.24) is 14.9 Å². The van der Waals surface area contributed by atoms with E-state index < -0.39 is 0 Å². The van der Waals surface area contributed by atoms with Crippen LogP contribution < -0.4 is 10.6 Å². The Bertz CT molecular complexity index is 568. The smallest absolute Gasteiger partial charge is 0.147 e. The van der Waals surface area contributed by atoms with Gasteiger partial charge in [-0.15, -0.1) is 0 Å². The fraction of sp³-hybridized carbons (Fsp3) is 0.333. The molecule has 0 fully saturated rings. The van der Waals surface area contributed by atoms with Gasteiger partial charge in [0.1, 0.15) is 5.82 Å². The summed E-state index contributed by atoms with van der Waals surface area (Å²) in [5.74, 6) is 0.867. The van der Waals surface area contributed by atoms with Gasteiger partial charge in [0, 0.05) is 31.4 Å². The molecule has 1 aromatic carbocycles. The van der Waals surface area contributed by atoms with E-state index in [1.807, 2.05) is 31.3 Å². The number of aromatic nitrogens is 2. The summed E-state index contributed by atoms with van der Waals surface area (Å²) in [6.45, 7) is 1.88. The molecule has 2 aromatic rings. The van der Waals surface area contributed by atoms with Crippen molar-refractivity contribution in [3.8, 4) is 11.3 Å². The van der Waals surface area contributed by atoms with Crippen LogP contribution in [0.4, 0.5) is 11.5 Å². The summed E-state index contributed by atoms with van der Waals surface area (Å²) in [4.78, 5) is 13.2. The molecule has 20 heavy (non-hydrogen) atoms. The second-order valence-corrected chi connectivity index (χ2v) is 5.11. The number of nitrogens with zero attached hydrogens (tertiary/aromatic N) is 4. The molecular formula is C15H21N5. The summed E-state index contributed by atoms with van der Waals surface area (Å²) in [6.07, 6.45) is 3.55. The molecule has 0 spiro atoms. The first-order valence-corrected chi connectivity index (χ1v) is 6.60. The van der Waals surface area contributed by atoms with Gasteiger partial charge in [-0.05, 0) is 26.2 Å². The molecule has 0 aliphatic carbocycles. The predicted molar refractivity (Wildman–Crippen MR) is 83.7 cm³/mol. The van der Waals surface area contributed by atoms with Crippen molar-refractivity contribution in [2.24, 2.45) is 0 Å². The van der Waals surface area contributed by atoms with E-state index in [1.165, 1.54) is 0 Å². The van der Waals surface area contributed by atoms with E-state index in [0.29, 0.717) is 0 Å². The lowest BCUT2D eigenvalue weighted by atomic mass is 10.1. The van der Waals surface area contributed by atoms with E-state index in [9.17, 15) is 0 Å². The van der Waals surface area contributed by atoms with Crippen LogP contribution >= 0.6 is 0 Å². The Morgan fingerprint density at radius 3 is 2.60 bits per heavy atom. The molecule has 0 aliphatic rings. The Hall–Kier alpha value is -2.14. The Kier molecular flexibility index (Phi) is 4.53. The molecular weight excluding hydrogens is 250 g/mol. The zero-order valence-corrected chi connectivity index (χ0v) is 12.2. The molecule has 5 heteroatoms. The average molecular weight is 271 g/mol. The van der Waals surface area contributed by atoms with Gasteiger partial charge in [-0.2, -0.15) is 0 Å². The quantitative estimate of drug-likeness (QED) is 0.839. The Labute approximate surface area is 120 Å². The van der Waals surface area contributed by atoms with Gasteiger partial charge in [0.25, 0.3) is 0 Å². The Morgan fingerprint density at radius 2 is 1.90 bits per heavy atom. The first-order valence-electron chi connectivity index (χ1n) is 6.60. The number of nitrogens with two attached hydrogens (primary N) is 1. The van der Waals surface area contributed by atoms with Gasteiger partial charge < -0.3 is 15.5 Å². The minimum Gasteiger partial charge on any atom is -0.399 e. The van der Waals surface area contributed by atoms with Crippen molar-refractivity contribution >= 4 is 11.5 Å². The number of hydrogen-bond acceptors (Lipinski definition) is 5. The van der Waals surface area contributed by atoms with Crippen LogP contribution in [0, 0.1) is 0 Å². The maximum Gasteiger partial charge on any atom is 0.147 e. The molecule has 0 amide bonds. The van der Waals surface area contributed by atoms with Gasteiger partial charge in [0.15, 0.2) is 0 Å². The molecule has 0 saturated carbocycles. The van der Waals surface area contributed by atoms with Gasteiger partial charge in [0.2, 0.25) is 0 Å². The minimum absolute atomic E-state index is 0.732. The molecule has 0 unspecified atom stereocenters. The molecule has 0 radical (unpaired) electrons. The van der Waals surface area contributed by atoms with E-state index in [0.717, 1.165) is 35.9 Å². The second kappa shape index (κ2) is 6.34. The molecule has 0 aliphatic heterocycles. The highest BCUT2D eigenvalue weighted by Gasteiger charge is 2.06. The number of benzene rings is 1. The maximum absolute atomic E-state index is 5.81. The first kappa shape index (κ1) is 14.3.